The summed E-state index contributed by atoms with van der Waals surface area (Å²) in [6.45, 7) is 3.77. The summed E-state index contributed by atoms with van der Waals surface area (Å²) in [5.74, 6) is 0. The molecular weight excluding hydrogens is 180 g/mol. The predicted octanol–water partition coefficient (Wildman–Crippen LogP) is 4.14. The van der Waals surface area contributed by atoms with E-state index in [4.69, 9.17) is 11.6 Å². The second-order valence-corrected chi connectivity index (χ2v) is 3.29. The van der Waals surface area contributed by atoms with Gasteiger partial charge in [0.2, 0.25) is 0 Å². The number of hydrogen-bond donors (Lipinski definition) is 0. The SMILES string of the molecule is C=Cc1ccc(Cl)c2ccccc12. The highest BCUT2D eigenvalue weighted by atomic mass is 35.5. The fraction of sp³-hybridized carbons (Fsp3) is 0. The van der Waals surface area contributed by atoms with Crippen molar-refractivity contribution in [2.75, 3.05) is 0 Å². The van der Waals surface area contributed by atoms with E-state index in [0.717, 1.165) is 21.4 Å². The van der Waals surface area contributed by atoms with Gasteiger partial charge in [-0.2, -0.15) is 0 Å². The van der Waals surface area contributed by atoms with Gasteiger partial charge in [-0.05, 0) is 17.0 Å². The number of benzene rings is 2. The van der Waals surface area contributed by atoms with E-state index in [-0.39, 0.29) is 0 Å². The second kappa shape index (κ2) is 3.23. The third-order valence-electron chi connectivity index (χ3n) is 2.12. The van der Waals surface area contributed by atoms with E-state index in [0.29, 0.717) is 0 Å². The first kappa shape index (κ1) is 8.33. The Hall–Kier alpha value is -1.27. The highest BCUT2D eigenvalue weighted by Crippen LogP contribution is 2.26. The van der Waals surface area contributed by atoms with Crippen molar-refractivity contribution in [3.63, 3.8) is 0 Å². The lowest BCUT2D eigenvalue weighted by Gasteiger charge is -2.03. The molecule has 1 heteroatoms. The summed E-state index contributed by atoms with van der Waals surface area (Å²) in [5, 5.41) is 3.03. The molecule has 0 radical (unpaired) electrons. The molecule has 0 saturated carbocycles. The molecule has 0 saturated heterocycles. The van der Waals surface area contributed by atoms with Crippen LogP contribution < -0.4 is 0 Å². The van der Waals surface area contributed by atoms with E-state index < -0.39 is 0 Å². The molecule has 0 amide bonds. The van der Waals surface area contributed by atoms with Crippen molar-refractivity contribution in [1.29, 1.82) is 0 Å². The fourth-order valence-corrected chi connectivity index (χ4v) is 1.69. The number of fused-ring (bicyclic) bond motifs is 1. The second-order valence-electron chi connectivity index (χ2n) is 2.89. The van der Waals surface area contributed by atoms with Crippen LogP contribution in [0.1, 0.15) is 5.56 Å². The highest BCUT2D eigenvalue weighted by Gasteiger charge is 2.00. The summed E-state index contributed by atoms with van der Waals surface area (Å²) in [4.78, 5) is 0. The first-order valence-electron chi connectivity index (χ1n) is 4.12. The lowest BCUT2D eigenvalue weighted by Crippen LogP contribution is -1.78. The molecule has 64 valence electrons. The van der Waals surface area contributed by atoms with Crippen molar-refractivity contribution in [3.8, 4) is 0 Å². The Kier molecular flexibility index (Phi) is 2.07. The molecule has 13 heavy (non-hydrogen) atoms. The molecule has 2 aromatic rings. The minimum absolute atomic E-state index is 0.793. The third kappa shape index (κ3) is 1.34. The Balaban J connectivity index is 2.92. The quantitative estimate of drug-likeness (QED) is 0.631. The molecule has 0 spiro atoms. The van der Waals surface area contributed by atoms with Gasteiger partial charge in [0.05, 0.1) is 0 Å². The van der Waals surface area contributed by atoms with Gasteiger partial charge in [0.15, 0.2) is 0 Å². The van der Waals surface area contributed by atoms with Crippen molar-refractivity contribution >= 4 is 28.4 Å². The van der Waals surface area contributed by atoms with E-state index >= 15 is 0 Å². The number of halogens is 1. The Bertz CT molecular complexity index is 458. The zero-order valence-electron chi connectivity index (χ0n) is 7.13. The minimum atomic E-state index is 0.793. The molecule has 0 aliphatic carbocycles. The normalized spacial score (nSPS) is 10.2. The summed E-state index contributed by atoms with van der Waals surface area (Å²) in [6, 6.07) is 12.0. The van der Waals surface area contributed by atoms with Crippen LogP contribution in [0.4, 0.5) is 0 Å². The van der Waals surface area contributed by atoms with E-state index in [2.05, 4.69) is 12.6 Å². The standard InChI is InChI=1S/C12H9Cl/c1-2-9-7-8-12(13)11-6-4-3-5-10(9)11/h2-8H,1H2. The Morgan fingerprint density at radius 2 is 1.69 bits per heavy atom. The lowest BCUT2D eigenvalue weighted by atomic mass is 10.0. The first-order chi connectivity index (χ1) is 6.33. The Morgan fingerprint density at radius 1 is 1.00 bits per heavy atom. The van der Waals surface area contributed by atoms with Crippen LogP contribution in [0.2, 0.25) is 5.02 Å². The average Bonchev–Trinajstić information content (AvgIpc) is 2.19. The topological polar surface area (TPSA) is 0 Å². The van der Waals surface area contributed by atoms with Gasteiger partial charge in [-0.15, -0.1) is 0 Å². The first-order valence-corrected chi connectivity index (χ1v) is 4.50. The van der Waals surface area contributed by atoms with E-state index in [1.165, 1.54) is 0 Å². The maximum atomic E-state index is 6.05. The van der Waals surface area contributed by atoms with Crippen LogP contribution in [-0.2, 0) is 0 Å². The summed E-state index contributed by atoms with van der Waals surface area (Å²) in [5.41, 5.74) is 1.13. The van der Waals surface area contributed by atoms with Crippen LogP contribution >= 0.6 is 11.6 Å². The lowest BCUT2D eigenvalue weighted by molar-refractivity contribution is 1.71. The van der Waals surface area contributed by atoms with Gasteiger partial charge < -0.3 is 0 Å². The van der Waals surface area contributed by atoms with Gasteiger partial charge in [-0.3, -0.25) is 0 Å². The van der Waals surface area contributed by atoms with Crippen molar-refractivity contribution in [3.05, 3.63) is 53.6 Å². The number of rotatable bonds is 1. The van der Waals surface area contributed by atoms with Crippen molar-refractivity contribution in [2.45, 2.75) is 0 Å². The summed E-state index contributed by atoms with van der Waals surface area (Å²) < 4.78 is 0. The van der Waals surface area contributed by atoms with Crippen LogP contribution in [0.5, 0.6) is 0 Å². The molecule has 0 unspecified atom stereocenters. The van der Waals surface area contributed by atoms with Gasteiger partial charge in [0.1, 0.15) is 0 Å². The van der Waals surface area contributed by atoms with E-state index in [1.807, 2.05) is 36.4 Å². The number of hydrogen-bond acceptors (Lipinski definition) is 0. The largest absolute Gasteiger partial charge is 0.0984 e. The van der Waals surface area contributed by atoms with Crippen LogP contribution in [0.15, 0.2) is 43.0 Å². The fourth-order valence-electron chi connectivity index (χ4n) is 1.46. The molecule has 0 N–H and O–H groups in total. The molecule has 0 heterocycles. The minimum Gasteiger partial charge on any atom is -0.0984 e. The molecule has 0 atom stereocenters. The molecule has 0 nitrogen and oxygen atoms in total. The van der Waals surface area contributed by atoms with Crippen LogP contribution in [0.3, 0.4) is 0 Å². The summed E-state index contributed by atoms with van der Waals surface area (Å²) >= 11 is 6.05. The van der Waals surface area contributed by atoms with Crippen molar-refractivity contribution in [1.82, 2.24) is 0 Å². The Morgan fingerprint density at radius 3 is 2.38 bits per heavy atom. The molecule has 0 fully saturated rings. The third-order valence-corrected chi connectivity index (χ3v) is 2.45. The molecule has 0 aliphatic heterocycles. The van der Waals surface area contributed by atoms with Gasteiger partial charge >= 0.3 is 0 Å². The van der Waals surface area contributed by atoms with Crippen LogP contribution in [0, 0.1) is 0 Å². The average molecular weight is 189 g/mol. The maximum Gasteiger partial charge on any atom is 0.0484 e. The molecule has 0 aliphatic rings. The molecule has 2 aromatic carbocycles. The predicted molar refractivity (Wildman–Crippen MR) is 59.0 cm³/mol. The van der Waals surface area contributed by atoms with Crippen LogP contribution in [0.25, 0.3) is 16.8 Å². The maximum absolute atomic E-state index is 6.05. The van der Waals surface area contributed by atoms with Gasteiger partial charge in [-0.25, -0.2) is 0 Å². The van der Waals surface area contributed by atoms with E-state index in [9.17, 15) is 0 Å². The zero-order valence-corrected chi connectivity index (χ0v) is 7.88. The molecule has 0 aromatic heterocycles. The van der Waals surface area contributed by atoms with Gasteiger partial charge in [0, 0.05) is 10.4 Å². The molecular formula is C12H9Cl. The smallest absolute Gasteiger partial charge is 0.0484 e. The zero-order chi connectivity index (χ0) is 9.26. The molecule has 2 rings (SSSR count). The highest BCUT2D eigenvalue weighted by molar-refractivity contribution is 6.35. The summed E-state index contributed by atoms with van der Waals surface area (Å²) in [7, 11) is 0. The van der Waals surface area contributed by atoms with Gasteiger partial charge in [0.25, 0.3) is 0 Å². The van der Waals surface area contributed by atoms with Crippen LogP contribution in [-0.4, -0.2) is 0 Å². The van der Waals surface area contributed by atoms with Crippen molar-refractivity contribution < 1.29 is 0 Å². The van der Waals surface area contributed by atoms with Gasteiger partial charge in [-0.1, -0.05) is 54.6 Å². The monoisotopic (exact) mass is 188 g/mol. The molecule has 0 bridgehead atoms. The van der Waals surface area contributed by atoms with E-state index in [1.54, 1.807) is 0 Å². The van der Waals surface area contributed by atoms with Crippen molar-refractivity contribution in [2.24, 2.45) is 0 Å². The Labute approximate surface area is 82.5 Å². The summed E-state index contributed by atoms with van der Waals surface area (Å²) in [6.07, 6.45) is 1.85.